The monoisotopic (exact) mass is 244 g/mol. The van der Waals surface area contributed by atoms with Crippen LogP contribution in [0.5, 0.6) is 0 Å². The predicted molar refractivity (Wildman–Crippen MR) is 80.0 cm³/mol. The van der Waals surface area contributed by atoms with E-state index in [1.54, 1.807) is 12.2 Å². The van der Waals surface area contributed by atoms with Gasteiger partial charge in [0.2, 0.25) is 0 Å². The standard InChI is InChI=1S/C17H24O/c1-7-12-15(8-2)16(18-9-3)13-10-11-14-17(4,5)6/h7-8,12-13H,1-2,9-10H2,3-6H3/b15-12-,16-13+. The maximum Gasteiger partial charge on any atom is 0.123 e. The molecule has 0 aromatic rings. The fraction of sp³-hybridized carbons (Fsp3) is 0.412. The van der Waals surface area contributed by atoms with Crippen molar-refractivity contribution in [1.29, 1.82) is 0 Å². The van der Waals surface area contributed by atoms with E-state index in [1.165, 1.54) is 0 Å². The molecular weight excluding hydrogens is 220 g/mol. The van der Waals surface area contributed by atoms with Crippen molar-refractivity contribution in [3.8, 4) is 11.8 Å². The van der Waals surface area contributed by atoms with Crippen molar-refractivity contribution in [2.45, 2.75) is 34.1 Å². The average molecular weight is 244 g/mol. The summed E-state index contributed by atoms with van der Waals surface area (Å²) < 4.78 is 5.59. The first-order valence-electron chi connectivity index (χ1n) is 6.23. The number of rotatable bonds is 6. The molecule has 0 atom stereocenters. The Balaban J connectivity index is 4.88. The van der Waals surface area contributed by atoms with Crippen molar-refractivity contribution in [2.24, 2.45) is 5.41 Å². The second kappa shape index (κ2) is 8.42. The highest BCUT2D eigenvalue weighted by molar-refractivity contribution is 5.37. The Hall–Kier alpha value is -1.68. The molecule has 18 heavy (non-hydrogen) atoms. The summed E-state index contributed by atoms with van der Waals surface area (Å²) in [5.74, 6) is 7.15. The summed E-state index contributed by atoms with van der Waals surface area (Å²) in [4.78, 5) is 0. The lowest BCUT2D eigenvalue weighted by Crippen LogP contribution is -1.99. The average Bonchev–Trinajstić information content (AvgIpc) is 2.29. The molecule has 0 aliphatic carbocycles. The predicted octanol–water partition coefficient (Wildman–Crippen LogP) is 4.64. The van der Waals surface area contributed by atoms with E-state index in [4.69, 9.17) is 4.74 Å². The van der Waals surface area contributed by atoms with Crippen LogP contribution in [0.2, 0.25) is 0 Å². The Morgan fingerprint density at radius 1 is 1.28 bits per heavy atom. The van der Waals surface area contributed by atoms with Gasteiger partial charge >= 0.3 is 0 Å². The fourth-order valence-electron chi connectivity index (χ4n) is 1.25. The van der Waals surface area contributed by atoms with Crippen molar-refractivity contribution in [3.63, 3.8) is 0 Å². The molecule has 0 aromatic heterocycles. The Labute approximate surface area is 112 Å². The quantitative estimate of drug-likeness (QED) is 0.375. The zero-order valence-electron chi connectivity index (χ0n) is 12.0. The Morgan fingerprint density at radius 3 is 2.39 bits per heavy atom. The van der Waals surface area contributed by atoms with Crippen LogP contribution in [0, 0.1) is 17.3 Å². The SMILES string of the molecule is C=C/C=C(C=C)\C(=C/CC#CC(C)(C)C)OCC. The second-order valence-corrected chi connectivity index (χ2v) is 4.82. The van der Waals surface area contributed by atoms with E-state index in [1.807, 2.05) is 19.1 Å². The molecule has 0 spiro atoms. The molecule has 0 N–H and O–H groups in total. The van der Waals surface area contributed by atoms with Gasteiger partial charge in [0.05, 0.1) is 6.61 Å². The molecule has 98 valence electrons. The van der Waals surface area contributed by atoms with E-state index in [0.29, 0.717) is 13.0 Å². The van der Waals surface area contributed by atoms with Crippen molar-refractivity contribution in [2.75, 3.05) is 6.61 Å². The maximum absolute atomic E-state index is 5.59. The third-order valence-electron chi connectivity index (χ3n) is 1.95. The van der Waals surface area contributed by atoms with Crippen LogP contribution in [0.15, 0.2) is 48.8 Å². The highest BCUT2D eigenvalue weighted by Crippen LogP contribution is 2.14. The molecule has 0 rings (SSSR count). The molecule has 0 aromatic carbocycles. The minimum atomic E-state index is 0.0395. The summed E-state index contributed by atoms with van der Waals surface area (Å²) in [6, 6.07) is 0. The van der Waals surface area contributed by atoms with Crippen LogP contribution in [0.1, 0.15) is 34.1 Å². The topological polar surface area (TPSA) is 9.23 Å². The van der Waals surface area contributed by atoms with E-state index < -0.39 is 0 Å². The van der Waals surface area contributed by atoms with Crippen LogP contribution >= 0.6 is 0 Å². The molecule has 1 nitrogen and oxygen atoms in total. The summed E-state index contributed by atoms with van der Waals surface area (Å²) in [5.41, 5.74) is 0.974. The van der Waals surface area contributed by atoms with Gasteiger partial charge in [-0.05, 0) is 33.8 Å². The van der Waals surface area contributed by atoms with Crippen LogP contribution in [-0.4, -0.2) is 6.61 Å². The third kappa shape index (κ3) is 7.57. The van der Waals surface area contributed by atoms with Crippen molar-refractivity contribution >= 4 is 0 Å². The number of hydrogen-bond donors (Lipinski definition) is 0. The van der Waals surface area contributed by atoms with Gasteiger partial charge in [0, 0.05) is 17.4 Å². The lowest BCUT2D eigenvalue weighted by molar-refractivity contribution is 0.238. The third-order valence-corrected chi connectivity index (χ3v) is 1.95. The van der Waals surface area contributed by atoms with Crippen molar-refractivity contribution in [3.05, 3.63) is 48.8 Å². The van der Waals surface area contributed by atoms with E-state index in [2.05, 4.69) is 45.8 Å². The normalized spacial score (nSPS) is 12.4. The van der Waals surface area contributed by atoms with Gasteiger partial charge in [-0.2, -0.15) is 0 Å². The largest absolute Gasteiger partial charge is 0.494 e. The van der Waals surface area contributed by atoms with Crippen molar-refractivity contribution in [1.82, 2.24) is 0 Å². The van der Waals surface area contributed by atoms with E-state index in [9.17, 15) is 0 Å². The molecular formula is C17H24O. The summed E-state index contributed by atoms with van der Waals surface area (Å²) in [6.45, 7) is 16.3. The van der Waals surface area contributed by atoms with Crippen LogP contribution in [0.3, 0.4) is 0 Å². The molecule has 0 amide bonds. The minimum absolute atomic E-state index is 0.0395. The Bertz CT molecular complexity index is 392. The molecule has 0 aliphatic rings. The van der Waals surface area contributed by atoms with Crippen LogP contribution in [0.4, 0.5) is 0 Å². The number of hydrogen-bond acceptors (Lipinski definition) is 1. The first-order valence-corrected chi connectivity index (χ1v) is 6.23. The molecule has 0 saturated heterocycles. The first-order chi connectivity index (χ1) is 8.44. The minimum Gasteiger partial charge on any atom is -0.494 e. The van der Waals surface area contributed by atoms with Gasteiger partial charge in [-0.3, -0.25) is 0 Å². The van der Waals surface area contributed by atoms with Gasteiger partial charge in [-0.25, -0.2) is 0 Å². The zero-order chi connectivity index (χ0) is 14.0. The summed E-state index contributed by atoms with van der Waals surface area (Å²) in [7, 11) is 0. The zero-order valence-corrected chi connectivity index (χ0v) is 12.0. The molecule has 1 heteroatoms. The molecule has 0 fully saturated rings. The molecule has 0 radical (unpaired) electrons. The second-order valence-electron chi connectivity index (χ2n) is 4.82. The van der Waals surface area contributed by atoms with E-state index >= 15 is 0 Å². The Kier molecular flexibility index (Phi) is 7.63. The van der Waals surface area contributed by atoms with Gasteiger partial charge in [0.1, 0.15) is 5.76 Å². The number of ether oxygens (including phenoxy) is 1. The lowest BCUT2D eigenvalue weighted by atomic mass is 9.98. The first kappa shape index (κ1) is 16.3. The molecule has 0 bridgehead atoms. The van der Waals surface area contributed by atoms with Crippen LogP contribution < -0.4 is 0 Å². The van der Waals surface area contributed by atoms with Gasteiger partial charge in [0.15, 0.2) is 0 Å². The van der Waals surface area contributed by atoms with E-state index in [-0.39, 0.29) is 5.41 Å². The highest BCUT2D eigenvalue weighted by Gasteiger charge is 2.03. The van der Waals surface area contributed by atoms with Gasteiger partial charge in [0.25, 0.3) is 0 Å². The molecule has 0 aliphatic heterocycles. The van der Waals surface area contributed by atoms with Gasteiger partial charge in [-0.15, -0.1) is 0 Å². The Morgan fingerprint density at radius 2 is 1.94 bits per heavy atom. The lowest BCUT2D eigenvalue weighted by Gasteiger charge is -2.09. The number of allylic oxidation sites excluding steroid dienone is 4. The van der Waals surface area contributed by atoms with E-state index in [0.717, 1.165) is 11.3 Å². The van der Waals surface area contributed by atoms with Crippen LogP contribution in [0.25, 0.3) is 0 Å². The van der Waals surface area contributed by atoms with Crippen LogP contribution in [-0.2, 0) is 4.74 Å². The highest BCUT2D eigenvalue weighted by atomic mass is 16.5. The molecule has 0 heterocycles. The fourth-order valence-corrected chi connectivity index (χ4v) is 1.25. The summed E-state index contributed by atoms with van der Waals surface area (Å²) in [6.07, 6.45) is 8.03. The molecule has 0 unspecified atom stereocenters. The summed E-state index contributed by atoms with van der Waals surface area (Å²) >= 11 is 0. The maximum atomic E-state index is 5.59. The van der Waals surface area contributed by atoms with Gasteiger partial charge in [-0.1, -0.05) is 43.2 Å². The van der Waals surface area contributed by atoms with Gasteiger partial charge < -0.3 is 4.74 Å². The molecule has 0 saturated carbocycles. The summed E-state index contributed by atoms with van der Waals surface area (Å²) in [5, 5.41) is 0. The van der Waals surface area contributed by atoms with Crippen molar-refractivity contribution < 1.29 is 4.74 Å². The smallest absolute Gasteiger partial charge is 0.123 e.